The summed E-state index contributed by atoms with van der Waals surface area (Å²) < 4.78 is 4.58. The van der Waals surface area contributed by atoms with Gasteiger partial charge in [-0.2, -0.15) is 0 Å². The lowest BCUT2D eigenvalue weighted by Gasteiger charge is -2.17. The molecule has 1 unspecified atom stereocenters. The minimum atomic E-state index is -0.722. The lowest BCUT2D eigenvalue weighted by molar-refractivity contribution is -0.140. The van der Waals surface area contributed by atoms with Gasteiger partial charge in [-0.15, -0.1) is 0 Å². The van der Waals surface area contributed by atoms with E-state index in [0.29, 0.717) is 38.5 Å². The number of aliphatic hydroxyl groups excluding tert-OH is 3. The lowest BCUT2D eigenvalue weighted by atomic mass is 9.90. The third-order valence-electron chi connectivity index (χ3n) is 5.09. The number of carbonyl (C=O) groups excluding carboxylic acids is 2. The van der Waals surface area contributed by atoms with Gasteiger partial charge in [0.2, 0.25) is 0 Å². The van der Waals surface area contributed by atoms with Gasteiger partial charge in [0.05, 0.1) is 25.4 Å². The van der Waals surface area contributed by atoms with Crippen LogP contribution in [-0.2, 0) is 14.3 Å². The van der Waals surface area contributed by atoms with Crippen molar-refractivity contribution < 1.29 is 29.6 Å². The molecule has 6 nitrogen and oxygen atoms in total. The molecule has 1 aliphatic carbocycles. The van der Waals surface area contributed by atoms with E-state index in [-0.39, 0.29) is 30.0 Å². The molecule has 0 heterocycles. The molecule has 5 atom stereocenters. The number of ether oxygens (including phenoxy) is 1. The van der Waals surface area contributed by atoms with Crippen molar-refractivity contribution in [2.45, 2.75) is 76.6 Å². The summed E-state index contributed by atoms with van der Waals surface area (Å²) in [5, 5.41) is 29.7. The van der Waals surface area contributed by atoms with E-state index in [4.69, 9.17) is 0 Å². The maximum Gasteiger partial charge on any atom is 0.305 e. The fraction of sp³-hybridized carbons (Fsp3) is 0.714. The molecule has 0 amide bonds. The van der Waals surface area contributed by atoms with Crippen LogP contribution in [0.2, 0.25) is 0 Å². The zero-order chi connectivity index (χ0) is 20.2. The highest BCUT2D eigenvalue weighted by Crippen LogP contribution is 2.33. The van der Waals surface area contributed by atoms with Gasteiger partial charge in [-0.3, -0.25) is 9.59 Å². The largest absolute Gasteiger partial charge is 0.469 e. The zero-order valence-electron chi connectivity index (χ0n) is 16.4. The first-order chi connectivity index (χ1) is 12.9. The zero-order valence-corrected chi connectivity index (χ0v) is 16.4. The van der Waals surface area contributed by atoms with Crippen LogP contribution in [0.3, 0.4) is 0 Å². The summed E-state index contributed by atoms with van der Waals surface area (Å²) in [5.41, 5.74) is 0. The number of aliphatic hydroxyl groups is 3. The Morgan fingerprint density at radius 3 is 2.70 bits per heavy atom. The molecular weight excluding hydrogens is 348 g/mol. The quantitative estimate of drug-likeness (QED) is 0.272. The fourth-order valence-corrected chi connectivity index (χ4v) is 3.27. The molecule has 0 saturated heterocycles. The third-order valence-corrected chi connectivity index (χ3v) is 5.09. The first-order valence-electron chi connectivity index (χ1n) is 9.86. The fourth-order valence-electron chi connectivity index (χ4n) is 3.27. The summed E-state index contributed by atoms with van der Waals surface area (Å²) in [6, 6.07) is 0. The van der Waals surface area contributed by atoms with Crippen LogP contribution in [0.5, 0.6) is 0 Å². The highest BCUT2D eigenvalue weighted by Gasteiger charge is 2.39. The molecular formula is C21H34O6. The summed E-state index contributed by atoms with van der Waals surface area (Å²) in [5.74, 6) is -0.788. The first kappa shape index (κ1) is 23.5. The molecule has 27 heavy (non-hydrogen) atoms. The van der Waals surface area contributed by atoms with E-state index >= 15 is 0 Å². The van der Waals surface area contributed by atoms with Crippen LogP contribution in [0, 0.1) is 11.8 Å². The topological polar surface area (TPSA) is 104 Å². The average Bonchev–Trinajstić information content (AvgIpc) is 2.92. The van der Waals surface area contributed by atoms with Crippen molar-refractivity contribution in [3.63, 3.8) is 0 Å². The Balaban J connectivity index is 2.48. The van der Waals surface area contributed by atoms with Crippen LogP contribution in [0.4, 0.5) is 0 Å². The van der Waals surface area contributed by atoms with E-state index < -0.39 is 18.3 Å². The maximum absolute atomic E-state index is 12.2. The Hall–Kier alpha value is -1.50. The predicted molar refractivity (Wildman–Crippen MR) is 103 cm³/mol. The summed E-state index contributed by atoms with van der Waals surface area (Å²) in [6.45, 7) is 1.89. The van der Waals surface area contributed by atoms with Crippen LogP contribution in [0.1, 0.15) is 58.3 Å². The Labute approximate surface area is 161 Å². The van der Waals surface area contributed by atoms with Crippen LogP contribution in [0.15, 0.2) is 24.3 Å². The second-order valence-electron chi connectivity index (χ2n) is 7.19. The molecule has 154 valence electrons. The van der Waals surface area contributed by atoms with Gasteiger partial charge in [0.15, 0.2) is 0 Å². The van der Waals surface area contributed by atoms with Crippen molar-refractivity contribution in [1.82, 2.24) is 0 Å². The minimum absolute atomic E-state index is 0.0345. The number of esters is 1. The first-order valence-corrected chi connectivity index (χ1v) is 9.86. The summed E-state index contributed by atoms with van der Waals surface area (Å²) >= 11 is 0. The molecule has 1 rings (SSSR count). The number of methoxy groups -OCH3 is 1. The number of rotatable bonds is 12. The molecule has 0 spiro atoms. The number of carbonyl (C=O) groups is 2. The van der Waals surface area contributed by atoms with Crippen LogP contribution in [0.25, 0.3) is 0 Å². The number of hydrogen-bond acceptors (Lipinski definition) is 6. The summed E-state index contributed by atoms with van der Waals surface area (Å²) in [7, 11) is 1.37. The van der Waals surface area contributed by atoms with E-state index in [1.807, 2.05) is 19.1 Å². The van der Waals surface area contributed by atoms with Gasteiger partial charge in [-0.05, 0) is 38.5 Å². The van der Waals surface area contributed by atoms with Crippen molar-refractivity contribution in [3.05, 3.63) is 24.3 Å². The minimum Gasteiger partial charge on any atom is -0.469 e. The van der Waals surface area contributed by atoms with Gasteiger partial charge in [-0.25, -0.2) is 0 Å². The lowest BCUT2D eigenvalue weighted by Crippen LogP contribution is -2.19. The normalized spacial score (nSPS) is 25.4. The van der Waals surface area contributed by atoms with Crippen molar-refractivity contribution in [1.29, 1.82) is 0 Å². The van der Waals surface area contributed by atoms with E-state index in [0.717, 1.165) is 6.42 Å². The Bertz CT molecular complexity index is 513. The van der Waals surface area contributed by atoms with Crippen LogP contribution >= 0.6 is 0 Å². The second kappa shape index (κ2) is 12.8. The number of ketones is 1. The number of hydrogen-bond donors (Lipinski definition) is 3. The van der Waals surface area contributed by atoms with Gasteiger partial charge in [-0.1, -0.05) is 31.2 Å². The second-order valence-corrected chi connectivity index (χ2v) is 7.19. The van der Waals surface area contributed by atoms with Crippen LogP contribution in [-0.4, -0.2) is 52.5 Å². The summed E-state index contributed by atoms with van der Waals surface area (Å²) in [4.78, 5) is 23.2. The van der Waals surface area contributed by atoms with Crippen molar-refractivity contribution in [2.75, 3.05) is 7.11 Å². The highest BCUT2D eigenvalue weighted by atomic mass is 16.5. The molecule has 0 aliphatic heterocycles. The van der Waals surface area contributed by atoms with Gasteiger partial charge < -0.3 is 20.1 Å². The third kappa shape index (κ3) is 8.82. The van der Waals surface area contributed by atoms with Crippen molar-refractivity contribution >= 4 is 11.8 Å². The highest BCUT2D eigenvalue weighted by molar-refractivity contribution is 5.84. The Morgan fingerprint density at radius 1 is 1.30 bits per heavy atom. The number of unbranched alkanes of at least 4 members (excludes halogenated alkanes) is 1. The number of allylic oxidation sites excluding steroid dienone is 2. The standard InChI is InChI=1S/C21H34O6/c1-3-15(22)10-11-16(23)12-13-18-17(19(24)14-20(18)25)8-6-4-5-7-9-21(26)27-2/h4,6,12-13,15-18,20,22-23,25H,3,5,7-11,14H2,1-2H3/t15?,16-,17+,18+,20+/m0/s1. The Kier molecular flexibility index (Phi) is 11.2. The average molecular weight is 382 g/mol. The van der Waals surface area contributed by atoms with Crippen molar-refractivity contribution in [2.24, 2.45) is 11.8 Å². The molecule has 0 aromatic rings. The Morgan fingerprint density at radius 2 is 2.04 bits per heavy atom. The SMILES string of the molecule is CCC(O)CC[C@H](O)C=C[C@H]1[C@H](O)CC(=O)[C@@H]1CC=CCCCC(=O)OC. The molecule has 1 saturated carbocycles. The molecule has 0 aromatic carbocycles. The molecule has 1 aliphatic rings. The monoisotopic (exact) mass is 382 g/mol. The van der Waals surface area contributed by atoms with Crippen LogP contribution < -0.4 is 0 Å². The molecule has 3 N–H and O–H groups in total. The van der Waals surface area contributed by atoms with Crippen molar-refractivity contribution in [3.8, 4) is 0 Å². The van der Waals surface area contributed by atoms with Gasteiger partial charge in [0.1, 0.15) is 5.78 Å². The summed E-state index contributed by atoms with van der Waals surface area (Å²) in [6.07, 6.45) is 9.52. The van der Waals surface area contributed by atoms with E-state index in [1.165, 1.54) is 7.11 Å². The van der Waals surface area contributed by atoms with E-state index in [9.17, 15) is 24.9 Å². The molecule has 0 aromatic heterocycles. The van der Waals surface area contributed by atoms with Gasteiger partial charge in [0, 0.05) is 24.7 Å². The molecule has 1 fully saturated rings. The molecule has 6 heteroatoms. The van der Waals surface area contributed by atoms with Gasteiger partial charge >= 0.3 is 5.97 Å². The number of Topliss-reactive ketones (excluding diaryl/α,β-unsaturated/α-hetero) is 1. The predicted octanol–water partition coefficient (Wildman–Crippen LogP) is 2.31. The van der Waals surface area contributed by atoms with E-state index in [1.54, 1.807) is 12.2 Å². The van der Waals surface area contributed by atoms with Gasteiger partial charge in [0.25, 0.3) is 0 Å². The maximum atomic E-state index is 12.2. The smallest absolute Gasteiger partial charge is 0.305 e. The molecule has 0 radical (unpaired) electrons. The van der Waals surface area contributed by atoms with E-state index in [2.05, 4.69) is 4.74 Å². The molecule has 0 bridgehead atoms.